The number of nitrogens with zero attached hydrogens (tertiary/aromatic N) is 2. The molecule has 1 aliphatic rings. The van der Waals surface area contributed by atoms with Crippen molar-refractivity contribution in [2.75, 3.05) is 24.7 Å². The standard InChI is InChI=1S/C30H29N3O3S/c1-37(35,36)26-13-14-27(28(20-26)23-9-6-8-22(18-23)21-33-16-4-5-17-33)30(34)32-25-11-7-10-24(19-25)29-12-2-3-15-31-29/h2-3,6-15,18-20H,4-5,16-17,21H2,1H3,(H,32,34). The van der Waals surface area contributed by atoms with Gasteiger partial charge in [0.25, 0.3) is 5.91 Å². The first kappa shape index (κ1) is 24.9. The first-order chi connectivity index (χ1) is 17.9. The maximum atomic E-state index is 13.5. The molecule has 1 amide bonds. The van der Waals surface area contributed by atoms with Gasteiger partial charge in [-0.05, 0) is 91.2 Å². The van der Waals surface area contributed by atoms with Crippen molar-refractivity contribution in [2.45, 2.75) is 24.3 Å². The molecule has 7 heteroatoms. The molecule has 0 saturated carbocycles. The van der Waals surface area contributed by atoms with Gasteiger partial charge in [-0.1, -0.05) is 36.4 Å². The van der Waals surface area contributed by atoms with Gasteiger partial charge in [0, 0.05) is 35.8 Å². The summed E-state index contributed by atoms with van der Waals surface area (Å²) in [5.74, 6) is -0.307. The fraction of sp³-hybridized carbons (Fsp3) is 0.200. The van der Waals surface area contributed by atoms with Crippen LogP contribution in [0.4, 0.5) is 5.69 Å². The molecule has 1 aromatic heterocycles. The maximum absolute atomic E-state index is 13.5. The fourth-order valence-corrected chi connectivity index (χ4v) is 5.36. The lowest BCUT2D eigenvalue weighted by atomic mass is 9.97. The SMILES string of the molecule is CS(=O)(=O)c1ccc(C(=O)Nc2cccc(-c3ccccn3)c2)c(-c2cccc(CN3CCCC3)c2)c1. The van der Waals surface area contributed by atoms with Crippen molar-refractivity contribution in [1.82, 2.24) is 9.88 Å². The van der Waals surface area contributed by atoms with Crippen LogP contribution in [0.15, 0.2) is 96.0 Å². The Bertz CT molecular complexity index is 1530. The summed E-state index contributed by atoms with van der Waals surface area (Å²) in [6, 6.07) is 25.9. The molecule has 1 aliphatic heterocycles. The number of carbonyl (C=O) groups excluding carboxylic acids is 1. The molecule has 0 aliphatic carbocycles. The highest BCUT2D eigenvalue weighted by atomic mass is 32.2. The van der Waals surface area contributed by atoms with Gasteiger partial charge in [-0.2, -0.15) is 0 Å². The van der Waals surface area contributed by atoms with Crippen molar-refractivity contribution >= 4 is 21.4 Å². The molecule has 6 nitrogen and oxygen atoms in total. The molecule has 188 valence electrons. The lowest BCUT2D eigenvalue weighted by Crippen LogP contribution is -2.18. The highest BCUT2D eigenvalue weighted by Gasteiger charge is 2.19. The van der Waals surface area contributed by atoms with Crippen molar-refractivity contribution < 1.29 is 13.2 Å². The van der Waals surface area contributed by atoms with Crippen LogP contribution in [0.1, 0.15) is 28.8 Å². The lowest BCUT2D eigenvalue weighted by molar-refractivity contribution is 0.102. The number of hydrogen-bond donors (Lipinski definition) is 1. The Kier molecular flexibility index (Phi) is 7.17. The second-order valence-electron chi connectivity index (χ2n) is 9.41. The van der Waals surface area contributed by atoms with E-state index < -0.39 is 9.84 Å². The quantitative estimate of drug-likeness (QED) is 0.346. The summed E-state index contributed by atoms with van der Waals surface area (Å²) in [7, 11) is -3.45. The number of rotatable bonds is 7. The summed E-state index contributed by atoms with van der Waals surface area (Å²) in [5.41, 5.74) is 5.29. The monoisotopic (exact) mass is 511 g/mol. The predicted molar refractivity (Wildman–Crippen MR) is 147 cm³/mol. The number of carbonyl (C=O) groups is 1. The van der Waals surface area contributed by atoms with Crippen LogP contribution in [0.3, 0.4) is 0 Å². The largest absolute Gasteiger partial charge is 0.322 e. The van der Waals surface area contributed by atoms with E-state index in [1.165, 1.54) is 25.2 Å². The Morgan fingerprint density at radius 2 is 1.68 bits per heavy atom. The number of sulfone groups is 1. The third-order valence-electron chi connectivity index (χ3n) is 6.59. The van der Waals surface area contributed by atoms with E-state index in [1.54, 1.807) is 18.3 Å². The van der Waals surface area contributed by atoms with E-state index in [-0.39, 0.29) is 10.8 Å². The van der Waals surface area contributed by atoms with Gasteiger partial charge in [0.2, 0.25) is 0 Å². The Labute approximate surface area is 217 Å². The maximum Gasteiger partial charge on any atom is 0.256 e. The summed E-state index contributed by atoms with van der Waals surface area (Å²) < 4.78 is 24.7. The van der Waals surface area contributed by atoms with Crippen molar-refractivity contribution in [1.29, 1.82) is 0 Å². The number of benzene rings is 3. The molecular formula is C30H29N3O3S. The van der Waals surface area contributed by atoms with Gasteiger partial charge in [-0.25, -0.2) is 8.42 Å². The predicted octanol–water partition coefficient (Wildman–Crippen LogP) is 5.67. The molecule has 4 aromatic rings. The average molecular weight is 512 g/mol. The third-order valence-corrected chi connectivity index (χ3v) is 7.70. The second kappa shape index (κ2) is 10.7. The van der Waals surface area contributed by atoms with Gasteiger partial charge in [0.1, 0.15) is 0 Å². The molecule has 2 heterocycles. The molecule has 5 rings (SSSR count). The molecule has 1 saturated heterocycles. The number of pyridine rings is 1. The minimum absolute atomic E-state index is 0.182. The van der Waals surface area contributed by atoms with Crippen LogP contribution in [0.5, 0.6) is 0 Å². The number of amides is 1. The molecule has 0 radical (unpaired) electrons. The molecule has 1 fully saturated rings. The van der Waals surface area contributed by atoms with Crippen LogP contribution >= 0.6 is 0 Å². The second-order valence-corrected chi connectivity index (χ2v) is 11.4. The summed E-state index contributed by atoms with van der Waals surface area (Å²) in [6.07, 6.45) is 5.33. The summed E-state index contributed by atoms with van der Waals surface area (Å²) >= 11 is 0. The van der Waals surface area contributed by atoms with Gasteiger partial charge < -0.3 is 5.32 Å². The minimum Gasteiger partial charge on any atom is -0.322 e. The molecule has 37 heavy (non-hydrogen) atoms. The van der Waals surface area contributed by atoms with Crippen LogP contribution < -0.4 is 5.32 Å². The summed E-state index contributed by atoms with van der Waals surface area (Å²) in [6.45, 7) is 3.00. The van der Waals surface area contributed by atoms with E-state index in [1.807, 2.05) is 54.6 Å². The van der Waals surface area contributed by atoms with Crippen molar-refractivity contribution in [3.8, 4) is 22.4 Å². The van der Waals surface area contributed by atoms with E-state index >= 15 is 0 Å². The van der Waals surface area contributed by atoms with Gasteiger partial charge in [0.05, 0.1) is 10.6 Å². The number of hydrogen-bond acceptors (Lipinski definition) is 5. The van der Waals surface area contributed by atoms with E-state index in [0.29, 0.717) is 16.8 Å². The van der Waals surface area contributed by atoms with Gasteiger partial charge in [-0.15, -0.1) is 0 Å². The van der Waals surface area contributed by atoms with Crippen molar-refractivity contribution in [3.05, 3.63) is 102 Å². The van der Waals surface area contributed by atoms with Crippen LogP contribution in [0, 0.1) is 0 Å². The van der Waals surface area contributed by atoms with Crippen LogP contribution in [-0.2, 0) is 16.4 Å². The fourth-order valence-electron chi connectivity index (χ4n) is 4.72. The minimum atomic E-state index is -3.45. The van der Waals surface area contributed by atoms with E-state index in [4.69, 9.17) is 0 Å². The Morgan fingerprint density at radius 1 is 0.892 bits per heavy atom. The molecule has 3 aromatic carbocycles. The molecule has 0 spiro atoms. The van der Waals surface area contributed by atoms with Gasteiger partial charge in [0.15, 0.2) is 9.84 Å². The topological polar surface area (TPSA) is 79.4 Å². The summed E-state index contributed by atoms with van der Waals surface area (Å²) in [5, 5.41) is 2.99. The van der Waals surface area contributed by atoms with Gasteiger partial charge >= 0.3 is 0 Å². The molecule has 0 unspecified atom stereocenters. The van der Waals surface area contributed by atoms with E-state index in [2.05, 4.69) is 27.3 Å². The Morgan fingerprint density at radius 3 is 2.43 bits per heavy atom. The first-order valence-electron chi connectivity index (χ1n) is 12.4. The highest BCUT2D eigenvalue weighted by Crippen LogP contribution is 2.30. The number of aromatic nitrogens is 1. The number of anilines is 1. The Hall–Kier alpha value is -3.81. The van der Waals surface area contributed by atoms with Crippen LogP contribution in [0.25, 0.3) is 22.4 Å². The van der Waals surface area contributed by atoms with Crippen LogP contribution in [-0.4, -0.2) is 43.6 Å². The zero-order chi connectivity index (χ0) is 25.8. The Balaban J connectivity index is 1.49. The van der Waals surface area contributed by atoms with Crippen molar-refractivity contribution in [2.24, 2.45) is 0 Å². The third kappa shape index (κ3) is 5.96. The van der Waals surface area contributed by atoms with E-state index in [0.717, 1.165) is 42.0 Å². The normalized spacial score (nSPS) is 14.0. The first-order valence-corrected chi connectivity index (χ1v) is 14.2. The molecule has 0 atom stereocenters. The average Bonchev–Trinajstić information content (AvgIpc) is 3.42. The van der Waals surface area contributed by atoms with Crippen LogP contribution in [0.2, 0.25) is 0 Å². The summed E-state index contributed by atoms with van der Waals surface area (Å²) in [4.78, 5) is 20.5. The van der Waals surface area contributed by atoms with Crippen molar-refractivity contribution in [3.63, 3.8) is 0 Å². The highest BCUT2D eigenvalue weighted by molar-refractivity contribution is 7.90. The lowest BCUT2D eigenvalue weighted by Gasteiger charge is -2.16. The zero-order valence-electron chi connectivity index (χ0n) is 20.7. The molecular weight excluding hydrogens is 482 g/mol. The molecule has 1 N–H and O–H groups in total. The van der Waals surface area contributed by atoms with Gasteiger partial charge in [-0.3, -0.25) is 14.7 Å². The smallest absolute Gasteiger partial charge is 0.256 e. The zero-order valence-corrected chi connectivity index (χ0v) is 21.5. The van der Waals surface area contributed by atoms with E-state index in [9.17, 15) is 13.2 Å². The number of nitrogens with one attached hydrogen (secondary N) is 1. The molecule has 0 bridgehead atoms. The number of likely N-dealkylation sites (tertiary alicyclic amines) is 1.